The minimum atomic E-state index is -2.50. The molecular weight excluding hydrogens is 1630 g/mol. The lowest BCUT2D eigenvalue weighted by atomic mass is 9.80. The van der Waals surface area contributed by atoms with Crippen LogP contribution >= 0.6 is 0 Å². The molecule has 7 heterocycles. The number of ketones is 2. The molecule has 0 radical (unpaired) electrons. The minimum absolute atomic E-state index is 0.0151. The highest BCUT2D eigenvalue weighted by molar-refractivity contribution is 6.39. The Bertz CT molecular complexity index is 4440. The summed E-state index contributed by atoms with van der Waals surface area (Å²) in [5.74, 6) is -8.13. The summed E-state index contributed by atoms with van der Waals surface area (Å²) in [7, 11) is 3.08. The highest BCUT2D eigenvalue weighted by atomic mass is 16.6. The Morgan fingerprint density at radius 2 is 1.37 bits per heavy atom. The molecule has 35 nitrogen and oxygen atoms in total. The van der Waals surface area contributed by atoms with E-state index in [1.165, 1.54) is 19.0 Å². The van der Waals surface area contributed by atoms with Crippen molar-refractivity contribution in [2.75, 3.05) is 151 Å². The van der Waals surface area contributed by atoms with Crippen molar-refractivity contribution < 1.29 is 115 Å². The number of piperidine rings is 1. The van der Waals surface area contributed by atoms with Crippen LogP contribution in [0.25, 0.3) is 33.4 Å². The first-order valence-electron chi connectivity index (χ1n) is 44.4. The van der Waals surface area contributed by atoms with Crippen LogP contribution in [-0.2, 0) is 105 Å². The Morgan fingerprint density at radius 3 is 2.05 bits per heavy atom. The highest BCUT2D eigenvalue weighted by Crippen LogP contribution is 2.39. The van der Waals surface area contributed by atoms with Gasteiger partial charge in [0.1, 0.15) is 53.8 Å². The molecule has 3 fully saturated rings. The van der Waals surface area contributed by atoms with E-state index in [1.807, 2.05) is 65.9 Å². The Balaban J connectivity index is 0.548. The third-order valence-corrected chi connectivity index (χ3v) is 24.2. The highest BCUT2D eigenvalue weighted by Gasteiger charge is 2.53. The van der Waals surface area contributed by atoms with E-state index in [0.717, 1.165) is 33.6 Å². The van der Waals surface area contributed by atoms with E-state index >= 15 is 0 Å². The molecule has 35 heteroatoms. The van der Waals surface area contributed by atoms with Gasteiger partial charge >= 0.3 is 12.1 Å². The van der Waals surface area contributed by atoms with Crippen LogP contribution in [0.15, 0.2) is 94.7 Å². The number of oxazole rings is 1. The van der Waals surface area contributed by atoms with Gasteiger partial charge in [-0.15, -0.1) is 0 Å². The zero-order chi connectivity index (χ0) is 90.2. The number of anilines is 2. The van der Waals surface area contributed by atoms with Gasteiger partial charge in [-0.05, 0) is 142 Å². The number of ether oxygens (including phenoxy) is 13. The maximum absolute atomic E-state index is 14.7. The molecule has 2 aromatic carbocycles. The quantitative estimate of drug-likeness (QED) is 0.00864. The number of esters is 1. The number of aromatic nitrogens is 5. The van der Waals surface area contributed by atoms with Gasteiger partial charge in [0.05, 0.1) is 148 Å². The zero-order valence-corrected chi connectivity index (χ0v) is 74.2. The van der Waals surface area contributed by atoms with Crippen LogP contribution in [0.1, 0.15) is 142 Å². The Hall–Kier alpha value is -8.60. The van der Waals surface area contributed by atoms with E-state index < -0.39 is 114 Å². The maximum atomic E-state index is 14.7. The minimum Gasteiger partial charge on any atom is -0.459 e. The number of carbonyl (C=O) groups excluding carboxylic acids is 6. The van der Waals surface area contributed by atoms with Gasteiger partial charge < -0.3 is 119 Å². The smallest absolute Gasteiger partial charge is 0.407 e. The molecule has 1 aliphatic carbocycles. The third-order valence-electron chi connectivity index (χ3n) is 24.2. The number of nitrogens with two attached hydrogens (primary N) is 3. The molecule has 696 valence electrons. The molecule has 10 rings (SSSR count). The summed E-state index contributed by atoms with van der Waals surface area (Å²) in [4.78, 5) is 99.5. The van der Waals surface area contributed by atoms with Crippen molar-refractivity contribution in [2.24, 2.45) is 35.3 Å². The zero-order valence-electron chi connectivity index (χ0n) is 74.2. The standard InChI is InChI=1S/C91H133N11O24/c1-57-14-10-9-11-15-58(2)75(113-7)52-68-22-17-62(6)91(112,126-68)84(108)87(109)101-28-13-12-16-71(101)88(110)123-76(53-72(103)59(3)47-61(5)82(106)83(107)81(105)60(4)46-57)69(92)49-63-19-23-74(77(50-63)114-8)125-90(111)95-27-31-116-33-35-118-37-39-120-41-43-122-45-44-121-42-40-119-38-36-117-34-32-115-30-26-78(104)100-29-25-65-48-64(18-20-67(65)55-100)54-102-86-79(85(93)96-56-97-86)80(99-102)66-21-24-73-70(51-66)98-89(94)124-73/h9-11,14-15,18,20-21,24,47-48,51,56-57,59-60,62-63,68-69,71-72,74-77,82-83,103,106-107,112H,12-13,16-17,19,22-23,25-46,49-50,52-55,92H2,1-8H3,(H2,94,98)(H,95,111)(H2,93,96,97)/b11-9?,14-10+,58-15?,61-47+/t57-,59-,60-,62-,63+,68+,69-,71+,72-,74-,75+,76+,77-,82-,83+,91-/m1/s1. The predicted molar refractivity (Wildman–Crippen MR) is 465 cm³/mol. The molecule has 1 saturated carbocycles. The predicted octanol–water partition coefficient (Wildman–Crippen LogP) is 7.01. The summed E-state index contributed by atoms with van der Waals surface area (Å²) in [6, 6.07) is 9.75. The van der Waals surface area contributed by atoms with Crippen LogP contribution < -0.4 is 22.5 Å². The second kappa shape index (κ2) is 50.4. The van der Waals surface area contributed by atoms with Crippen molar-refractivity contribution in [3.8, 4) is 11.3 Å². The van der Waals surface area contributed by atoms with E-state index in [-0.39, 0.29) is 87.7 Å². The van der Waals surface area contributed by atoms with Gasteiger partial charge in [0.25, 0.3) is 17.7 Å². The second-order valence-electron chi connectivity index (χ2n) is 33.6. The number of aliphatic hydroxyl groups excluding tert-OH is 3. The Kier molecular flexibility index (Phi) is 39.8. The summed E-state index contributed by atoms with van der Waals surface area (Å²) in [5.41, 5.74) is 26.8. The SMILES string of the molecule is CO[C@H]1C[C@@H]2CC[C@@H](C)[C@@](O)(O2)C(=O)C(=O)N2CCCC[C@H]2C(=O)O[C@H]([C@H](N)C[C@@H]2CC[C@@H](OC(=O)NCCOCCOCCOCCOCCOCCOCCOCCOCCC(=O)N3CCc4cc(Cn5nc(-c6ccc7oc(N)nc7c6)c6c(N)ncnc65)ccc4C3)[C@H](OC)C2)C[C@@H](O)[C@H](C)/C=C(\C)[C@@H](O)[C@@H](O)C(=O)[C@H](C)C[C@H](C)/C=C/C=CC=C1C. The number of alkyl carbamates (subject to hydrolysis) is 1. The van der Waals surface area contributed by atoms with Crippen molar-refractivity contribution in [1.82, 2.24) is 39.8 Å². The lowest BCUT2D eigenvalue weighted by Gasteiger charge is -2.42. The van der Waals surface area contributed by atoms with Gasteiger partial charge in [-0.3, -0.25) is 19.2 Å². The van der Waals surface area contributed by atoms with E-state index in [0.29, 0.717) is 197 Å². The number of rotatable bonds is 36. The normalized spacial score (nSPS) is 27.0. The summed E-state index contributed by atoms with van der Waals surface area (Å²) < 4.78 is 82.4. The van der Waals surface area contributed by atoms with Gasteiger partial charge in [-0.25, -0.2) is 24.2 Å². The monoisotopic (exact) mass is 1760 g/mol. The average Bonchev–Trinajstić information content (AvgIpc) is 1.46. The van der Waals surface area contributed by atoms with Crippen molar-refractivity contribution in [3.63, 3.8) is 0 Å². The van der Waals surface area contributed by atoms with Crippen molar-refractivity contribution >= 4 is 69.4 Å². The van der Waals surface area contributed by atoms with Crippen LogP contribution in [0.5, 0.6) is 0 Å². The fourth-order valence-electron chi connectivity index (χ4n) is 16.8. The fourth-order valence-corrected chi connectivity index (χ4v) is 16.8. The molecule has 0 unspecified atom stereocenters. The van der Waals surface area contributed by atoms with Crippen LogP contribution in [0.4, 0.5) is 16.6 Å². The van der Waals surface area contributed by atoms with E-state index in [1.54, 1.807) is 46.9 Å². The van der Waals surface area contributed by atoms with Crippen LogP contribution in [-0.4, -0.2) is 297 Å². The number of fused-ring (bicyclic) bond motifs is 6. The number of allylic oxidation sites excluding steroid dienone is 5. The Morgan fingerprint density at radius 1 is 0.698 bits per heavy atom. The van der Waals surface area contributed by atoms with Gasteiger partial charge in [0, 0.05) is 82.6 Å². The van der Waals surface area contributed by atoms with E-state index in [9.17, 15) is 49.2 Å². The molecule has 5 aromatic rings. The molecule has 3 aromatic heterocycles. The largest absolute Gasteiger partial charge is 0.459 e. The molecule has 3 amide bonds. The van der Waals surface area contributed by atoms with E-state index in [4.69, 9.17) is 88.3 Å². The number of benzene rings is 2. The number of hydrogen-bond acceptors (Lipinski definition) is 31. The molecule has 0 spiro atoms. The average molecular weight is 1770 g/mol. The number of amides is 3. The molecule has 2 bridgehead atoms. The first-order chi connectivity index (χ1) is 60.7. The number of nitrogen functional groups attached to an aromatic ring is 2. The first kappa shape index (κ1) is 99.6. The number of cyclic esters (lactones) is 1. The number of hydrogen-bond donors (Lipinski definition) is 8. The summed E-state index contributed by atoms with van der Waals surface area (Å²) in [6.07, 6.45) is 8.70. The molecule has 4 aliphatic heterocycles. The van der Waals surface area contributed by atoms with Crippen LogP contribution in [0, 0.1) is 29.6 Å². The second-order valence-corrected chi connectivity index (χ2v) is 33.6. The summed E-state index contributed by atoms with van der Waals surface area (Å²) in [6.45, 7) is 17.9. The summed E-state index contributed by atoms with van der Waals surface area (Å²) >= 11 is 0. The maximum Gasteiger partial charge on any atom is 0.407 e. The Labute approximate surface area is 737 Å². The van der Waals surface area contributed by atoms with Gasteiger partial charge in [-0.2, -0.15) is 10.1 Å². The van der Waals surface area contributed by atoms with Gasteiger partial charge in [0.15, 0.2) is 17.0 Å². The number of nitrogens with one attached hydrogen (secondary N) is 1. The third kappa shape index (κ3) is 29.0. The molecule has 2 saturated heterocycles. The number of Topliss-reactive ketones (excluding diaryl/α,β-unsaturated/α-hetero) is 2. The lowest BCUT2D eigenvalue weighted by molar-refractivity contribution is -0.265. The molecular formula is C91H133N11O24. The lowest BCUT2D eigenvalue weighted by Crippen LogP contribution is -2.61. The number of aliphatic hydroxyl groups is 4. The molecule has 16 atom stereocenters. The van der Waals surface area contributed by atoms with Gasteiger partial charge in [0.2, 0.25) is 11.7 Å². The van der Waals surface area contributed by atoms with Crippen LogP contribution in [0.3, 0.4) is 0 Å². The first-order valence-corrected chi connectivity index (χ1v) is 44.4. The number of nitrogens with zero attached hydrogens (tertiary/aromatic N) is 7. The van der Waals surface area contributed by atoms with Crippen LogP contribution in [0.2, 0.25) is 0 Å². The topological polar surface area (TPSA) is 470 Å². The molecule has 5 aliphatic rings. The fraction of sp³-hybridized carbons (Fsp3) is 0.648. The molecule has 126 heavy (non-hydrogen) atoms. The molecule has 11 N–H and O–H groups in total. The summed E-state index contributed by atoms with van der Waals surface area (Å²) in [5, 5.41) is 54.9. The number of carbonyl (C=O) groups is 6. The number of methoxy groups -OCH3 is 2. The van der Waals surface area contributed by atoms with E-state index in [2.05, 4.69) is 38.5 Å². The van der Waals surface area contributed by atoms with Crippen molar-refractivity contribution in [3.05, 3.63) is 107 Å². The van der Waals surface area contributed by atoms with Crippen molar-refractivity contribution in [2.45, 2.75) is 211 Å². The van der Waals surface area contributed by atoms with Gasteiger partial charge in [-0.1, -0.05) is 82.4 Å². The van der Waals surface area contributed by atoms with Crippen molar-refractivity contribution in [1.29, 1.82) is 0 Å².